The predicted molar refractivity (Wildman–Crippen MR) is 111 cm³/mol. The summed E-state index contributed by atoms with van der Waals surface area (Å²) in [7, 11) is 0. The molecule has 4 atom stereocenters. The van der Waals surface area contributed by atoms with E-state index < -0.39 is 40.6 Å². The lowest BCUT2D eigenvalue weighted by atomic mass is 9.45. The number of carbonyl (C=O) groups excluding carboxylic acids is 2. The van der Waals surface area contributed by atoms with Crippen LogP contribution in [-0.4, -0.2) is 34.9 Å². The Labute approximate surface area is 176 Å². The van der Waals surface area contributed by atoms with E-state index in [0.717, 1.165) is 27.7 Å². The van der Waals surface area contributed by atoms with E-state index in [1.807, 2.05) is 32.9 Å². The van der Waals surface area contributed by atoms with E-state index in [4.69, 9.17) is 13.9 Å². The minimum absolute atomic E-state index is 0.397. The molecule has 2 aromatic rings. The number of rotatable bonds is 2. The first-order valence-corrected chi connectivity index (χ1v) is 10.5. The summed E-state index contributed by atoms with van der Waals surface area (Å²) < 4.78 is 17.2. The maximum atomic E-state index is 12.2. The van der Waals surface area contributed by atoms with E-state index in [1.54, 1.807) is 6.26 Å². The maximum absolute atomic E-state index is 12.2. The van der Waals surface area contributed by atoms with E-state index >= 15 is 0 Å². The number of aryl methyl sites for hydroxylation is 1. The molecule has 2 aliphatic rings. The second kappa shape index (κ2) is 6.58. The maximum Gasteiger partial charge on any atom is 0.303 e. The third-order valence-corrected chi connectivity index (χ3v) is 7.66. The average Bonchev–Trinajstić information content (AvgIpc) is 3.10. The number of hydrogen-bond donors (Lipinski definition) is 1. The van der Waals surface area contributed by atoms with Crippen LogP contribution in [-0.2, 0) is 30.9 Å². The van der Waals surface area contributed by atoms with Crippen LogP contribution in [0.25, 0.3) is 11.0 Å². The molecule has 4 unspecified atom stereocenters. The number of aliphatic hydroxyl groups is 1. The molecule has 0 bridgehead atoms. The van der Waals surface area contributed by atoms with Gasteiger partial charge in [0.05, 0.1) is 17.3 Å². The fourth-order valence-corrected chi connectivity index (χ4v) is 6.17. The van der Waals surface area contributed by atoms with Crippen molar-refractivity contribution in [2.45, 2.75) is 84.0 Å². The third kappa shape index (κ3) is 2.66. The molecule has 1 aromatic heterocycles. The highest BCUT2D eigenvalue weighted by atomic mass is 16.6. The van der Waals surface area contributed by atoms with Crippen LogP contribution in [0.4, 0.5) is 0 Å². The lowest BCUT2D eigenvalue weighted by Gasteiger charge is -2.63. The zero-order chi connectivity index (χ0) is 22.1. The fourth-order valence-electron chi connectivity index (χ4n) is 6.17. The van der Waals surface area contributed by atoms with Crippen LogP contribution in [0.2, 0.25) is 0 Å². The molecule has 1 fully saturated rings. The molecule has 6 heteroatoms. The summed E-state index contributed by atoms with van der Waals surface area (Å²) in [4.78, 5) is 24.0. The van der Waals surface area contributed by atoms with Gasteiger partial charge in [-0.1, -0.05) is 13.8 Å². The largest absolute Gasteiger partial charge is 0.464 e. The molecule has 0 amide bonds. The normalized spacial score (nSPS) is 32.2. The summed E-state index contributed by atoms with van der Waals surface area (Å²) in [6.45, 7) is 10.7. The van der Waals surface area contributed by atoms with Crippen LogP contribution < -0.4 is 0 Å². The standard InChI is InChI=1S/C24H30O6/c1-13-16-7-9-24(27)22(4,5)12-20(29-14(2)25)21(30-15(3)26)23(24,6)18(16)11-19-17(13)8-10-28-19/h8,10-11,20-21,27H,7,9,12H2,1-6H3. The minimum atomic E-state index is -1.17. The molecule has 162 valence electrons. The van der Waals surface area contributed by atoms with Crippen LogP contribution in [0, 0.1) is 12.3 Å². The van der Waals surface area contributed by atoms with Gasteiger partial charge in [0.1, 0.15) is 11.7 Å². The van der Waals surface area contributed by atoms with E-state index in [2.05, 4.69) is 6.92 Å². The highest BCUT2D eigenvalue weighted by Crippen LogP contribution is 2.61. The molecule has 1 heterocycles. The number of carbonyl (C=O) groups is 2. The second-order valence-corrected chi connectivity index (χ2v) is 9.69. The van der Waals surface area contributed by atoms with Crippen LogP contribution in [0.5, 0.6) is 0 Å². The van der Waals surface area contributed by atoms with Crippen LogP contribution >= 0.6 is 0 Å². The second-order valence-electron chi connectivity index (χ2n) is 9.69. The molecular formula is C24H30O6. The molecule has 0 saturated heterocycles. The van der Waals surface area contributed by atoms with Gasteiger partial charge in [-0.25, -0.2) is 0 Å². The molecule has 4 rings (SSSR count). The summed E-state index contributed by atoms with van der Waals surface area (Å²) in [5, 5.41) is 13.3. The average molecular weight is 414 g/mol. The Hall–Kier alpha value is -2.34. The molecule has 1 saturated carbocycles. The minimum Gasteiger partial charge on any atom is -0.464 e. The number of fused-ring (bicyclic) bond motifs is 4. The summed E-state index contributed by atoms with van der Waals surface area (Å²) in [6.07, 6.45) is 1.82. The van der Waals surface area contributed by atoms with Gasteiger partial charge in [0, 0.05) is 19.2 Å². The molecule has 2 aliphatic carbocycles. The topological polar surface area (TPSA) is 86.0 Å². The first kappa shape index (κ1) is 20.9. The van der Waals surface area contributed by atoms with E-state index in [1.165, 1.54) is 13.8 Å². The Morgan fingerprint density at radius 3 is 2.47 bits per heavy atom. The summed E-state index contributed by atoms with van der Waals surface area (Å²) in [6, 6.07) is 3.91. The van der Waals surface area contributed by atoms with Crippen molar-refractivity contribution in [1.29, 1.82) is 0 Å². The van der Waals surface area contributed by atoms with Crippen LogP contribution in [0.3, 0.4) is 0 Å². The Balaban J connectivity index is 2.02. The van der Waals surface area contributed by atoms with E-state index in [-0.39, 0.29) is 0 Å². The Bertz CT molecular complexity index is 1030. The predicted octanol–water partition coefficient (Wildman–Crippen LogP) is 3.97. The zero-order valence-corrected chi connectivity index (χ0v) is 18.5. The highest BCUT2D eigenvalue weighted by Gasteiger charge is 2.69. The van der Waals surface area contributed by atoms with Gasteiger partial charge in [-0.3, -0.25) is 9.59 Å². The van der Waals surface area contributed by atoms with Crippen LogP contribution in [0.1, 0.15) is 64.2 Å². The van der Waals surface area contributed by atoms with Crippen molar-refractivity contribution >= 4 is 22.9 Å². The quantitative estimate of drug-likeness (QED) is 0.749. The number of benzene rings is 1. The molecule has 1 aromatic carbocycles. The van der Waals surface area contributed by atoms with Crippen LogP contribution in [0.15, 0.2) is 22.8 Å². The summed E-state index contributed by atoms with van der Waals surface area (Å²) in [5.41, 5.74) is 1.12. The van der Waals surface area contributed by atoms with Gasteiger partial charge in [0.25, 0.3) is 0 Å². The molecular weight excluding hydrogens is 384 g/mol. The Morgan fingerprint density at radius 1 is 1.17 bits per heavy atom. The van der Waals surface area contributed by atoms with E-state index in [0.29, 0.717) is 19.3 Å². The number of hydrogen-bond acceptors (Lipinski definition) is 6. The van der Waals surface area contributed by atoms with Gasteiger partial charge >= 0.3 is 11.9 Å². The van der Waals surface area contributed by atoms with Gasteiger partial charge in [0.15, 0.2) is 6.10 Å². The smallest absolute Gasteiger partial charge is 0.303 e. The van der Waals surface area contributed by atoms with Crippen molar-refractivity contribution in [3.63, 3.8) is 0 Å². The lowest BCUT2D eigenvalue weighted by Crippen LogP contribution is -2.73. The highest BCUT2D eigenvalue weighted by molar-refractivity contribution is 5.84. The summed E-state index contributed by atoms with van der Waals surface area (Å²) >= 11 is 0. The number of furan rings is 1. The van der Waals surface area contributed by atoms with E-state index in [9.17, 15) is 14.7 Å². The van der Waals surface area contributed by atoms with Crippen molar-refractivity contribution < 1.29 is 28.6 Å². The van der Waals surface area contributed by atoms with Gasteiger partial charge in [0.2, 0.25) is 0 Å². The first-order valence-electron chi connectivity index (χ1n) is 10.5. The van der Waals surface area contributed by atoms with Crippen molar-refractivity contribution in [3.8, 4) is 0 Å². The van der Waals surface area contributed by atoms with Crippen molar-refractivity contribution in [3.05, 3.63) is 35.1 Å². The van der Waals surface area contributed by atoms with Gasteiger partial charge in [-0.15, -0.1) is 0 Å². The Morgan fingerprint density at radius 2 is 1.83 bits per heavy atom. The summed E-state index contributed by atoms with van der Waals surface area (Å²) in [5.74, 6) is -0.904. The SMILES string of the molecule is CC(=O)OC1CC(C)(C)C2(O)CCc3c(cc4occc4c3C)C2(C)C1OC(C)=O. The van der Waals surface area contributed by atoms with Gasteiger partial charge in [-0.05, 0) is 67.3 Å². The third-order valence-electron chi connectivity index (χ3n) is 7.66. The monoisotopic (exact) mass is 414 g/mol. The lowest BCUT2D eigenvalue weighted by molar-refractivity contribution is -0.243. The number of esters is 2. The number of ether oxygens (including phenoxy) is 2. The fraction of sp³-hybridized carbons (Fsp3) is 0.583. The molecule has 30 heavy (non-hydrogen) atoms. The molecule has 0 radical (unpaired) electrons. The van der Waals surface area contributed by atoms with Crippen molar-refractivity contribution in [2.75, 3.05) is 0 Å². The molecule has 6 nitrogen and oxygen atoms in total. The molecule has 0 aliphatic heterocycles. The van der Waals surface area contributed by atoms with Crippen molar-refractivity contribution in [2.24, 2.45) is 5.41 Å². The Kier molecular flexibility index (Phi) is 4.59. The zero-order valence-electron chi connectivity index (χ0n) is 18.5. The van der Waals surface area contributed by atoms with Gasteiger partial charge < -0.3 is 19.0 Å². The van der Waals surface area contributed by atoms with Crippen molar-refractivity contribution in [1.82, 2.24) is 0 Å². The van der Waals surface area contributed by atoms with Gasteiger partial charge in [-0.2, -0.15) is 0 Å². The molecule has 0 spiro atoms. The first-order chi connectivity index (χ1) is 13.9. The molecule has 1 N–H and O–H groups in total.